The first-order chi connectivity index (χ1) is 11.4. The van der Waals surface area contributed by atoms with Crippen LogP contribution in [-0.2, 0) is 20.0 Å². The van der Waals surface area contributed by atoms with E-state index in [1.54, 1.807) is 0 Å². The van der Waals surface area contributed by atoms with Gasteiger partial charge in [0.15, 0.2) is 0 Å². The van der Waals surface area contributed by atoms with Gasteiger partial charge in [0.25, 0.3) is 20.0 Å². The van der Waals surface area contributed by atoms with Crippen LogP contribution in [0.2, 0.25) is 0 Å². The highest BCUT2D eigenvalue weighted by Crippen LogP contribution is 2.25. The molecule has 136 valence electrons. The second kappa shape index (κ2) is 7.97. The van der Waals surface area contributed by atoms with Crippen molar-refractivity contribution in [3.8, 4) is 0 Å². The van der Waals surface area contributed by atoms with E-state index in [2.05, 4.69) is 0 Å². The fourth-order valence-corrected chi connectivity index (χ4v) is 6.72. The molecule has 8 nitrogen and oxygen atoms in total. The van der Waals surface area contributed by atoms with Gasteiger partial charge in [-0.05, 0) is 98.1 Å². The number of halogens is 3. The molecular weight excluding hydrogens is 709 g/mol. The third-order valence-electron chi connectivity index (χ3n) is 2.96. The number of rotatable bonds is 5. The van der Waals surface area contributed by atoms with Crippen molar-refractivity contribution in [2.24, 2.45) is 0 Å². The molecule has 0 amide bonds. The SMILES string of the molecule is Nc1ccc(S(=O)(=O)NNS(=O)(=O)c2cc(I)c(N)c(I)c2)cc1I. The van der Waals surface area contributed by atoms with Gasteiger partial charge in [0.05, 0.1) is 15.5 Å². The maximum absolute atomic E-state index is 12.3. The fourth-order valence-electron chi connectivity index (χ4n) is 1.62. The topological polar surface area (TPSA) is 144 Å². The zero-order valence-electron chi connectivity index (χ0n) is 12.1. The Labute approximate surface area is 186 Å². The van der Waals surface area contributed by atoms with Crippen molar-refractivity contribution >= 4 is 99.2 Å². The molecule has 0 radical (unpaired) electrons. The van der Waals surface area contributed by atoms with Gasteiger partial charge in [0, 0.05) is 16.4 Å². The van der Waals surface area contributed by atoms with E-state index in [1.165, 1.54) is 30.3 Å². The Morgan fingerprint density at radius 1 is 0.720 bits per heavy atom. The Morgan fingerprint density at radius 2 is 1.16 bits per heavy atom. The standard InChI is InChI=1S/C12H11I3N4O4S2/c13-8-3-6(1-2-11(8)16)24(20,21)18-19-25(22,23)7-4-9(14)12(17)10(15)5-7/h1-5,18-19H,16-17H2. The fraction of sp³-hybridized carbons (Fsp3) is 0. The molecule has 0 unspecified atom stereocenters. The molecule has 0 heterocycles. The van der Waals surface area contributed by atoms with Gasteiger partial charge in [-0.1, -0.05) is 0 Å². The molecule has 0 atom stereocenters. The number of nitrogens with two attached hydrogens (primary N) is 2. The van der Waals surface area contributed by atoms with Crippen LogP contribution in [0.15, 0.2) is 40.1 Å². The van der Waals surface area contributed by atoms with Crippen molar-refractivity contribution in [1.82, 2.24) is 9.66 Å². The molecule has 0 spiro atoms. The maximum atomic E-state index is 12.3. The normalized spacial score (nSPS) is 12.3. The first-order valence-electron chi connectivity index (χ1n) is 6.27. The number of nitrogens with one attached hydrogen (secondary N) is 2. The molecule has 0 aliphatic rings. The molecule has 0 aromatic heterocycles. The summed E-state index contributed by atoms with van der Waals surface area (Å²) in [5.74, 6) is 0. The molecule has 0 bridgehead atoms. The highest BCUT2D eigenvalue weighted by molar-refractivity contribution is 14.1. The van der Waals surface area contributed by atoms with Crippen LogP contribution in [-0.4, -0.2) is 16.8 Å². The molecule has 2 aromatic carbocycles. The average molecular weight is 720 g/mol. The molecule has 0 fully saturated rings. The Hall–Kier alpha value is 0.0500. The summed E-state index contributed by atoms with van der Waals surface area (Å²) in [6.07, 6.45) is 0. The highest BCUT2D eigenvalue weighted by Gasteiger charge is 2.22. The quantitative estimate of drug-likeness (QED) is 0.211. The number of sulfonamides is 2. The summed E-state index contributed by atoms with van der Waals surface area (Å²) in [5.41, 5.74) is 12.3. The maximum Gasteiger partial charge on any atom is 0.254 e. The van der Waals surface area contributed by atoms with Gasteiger partial charge in [0.1, 0.15) is 0 Å². The van der Waals surface area contributed by atoms with Crippen LogP contribution < -0.4 is 21.1 Å². The number of hydrogen-bond acceptors (Lipinski definition) is 6. The Morgan fingerprint density at radius 3 is 1.64 bits per heavy atom. The number of benzene rings is 2. The van der Waals surface area contributed by atoms with Gasteiger partial charge >= 0.3 is 0 Å². The van der Waals surface area contributed by atoms with E-state index in [-0.39, 0.29) is 9.79 Å². The molecule has 6 N–H and O–H groups in total. The predicted molar refractivity (Wildman–Crippen MR) is 121 cm³/mol. The van der Waals surface area contributed by atoms with Crippen molar-refractivity contribution in [2.45, 2.75) is 9.79 Å². The van der Waals surface area contributed by atoms with E-state index in [9.17, 15) is 16.8 Å². The summed E-state index contributed by atoms with van der Waals surface area (Å²) >= 11 is 5.69. The number of hydrazine groups is 1. The lowest BCUT2D eigenvalue weighted by atomic mass is 10.3. The van der Waals surface area contributed by atoms with Crippen molar-refractivity contribution in [2.75, 3.05) is 11.5 Å². The van der Waals surface area contributed by atoms with E-state index in [1.807, 2.05) is 77.4 Å². The van der Waals surface area contributed by atoms with Crippen molar-refractivity contribution in [3.05, 3.63) is 41.0 Å². The van der Waals surface area contributed by atoms with E-state index < -0.39 is 20.0 Å². The second-order valence-electron chi connectivity index (χ2n) is 4.69. The van der Waals surface area contributed by atoms with Crippen LogP contribution in [0.4, 0.5) is 11.4 Å². The molecular formula is C12H11I3N4O4S2. The van der Waals surface area contributed by atoms with Crippen molar-refractivity contribution < 1.29 is 16.8 Å². The Balaban J connectivity index is 2.28. The lowest BCUT2D eigenvalue weighted by Gasteiger charge is -2.11. The van der Waals surface area contributed by atoms with E-state index >= 15 is 0 Å². The molecule has 0 saturated heterocycles. The minimum Gasteiger partial charge on any atom is -0.398 e. The Kier molecular flexibility index (Phi) is 6.80. The van der Waals surface area contributed by atoms with Crippen LogP contribution in [0.5, 0.6) is 0 Å². The minimum atomic E-state index is -4.11. The van der Waals surface area contributed by atoms with Crippen molar-refractivity contribution in [1.29, 1.82) is 0 Å². The third kappa shape index (κ3) is 5.06. The zero-order valence-corrected chi connectivity index (χ0v) is 20.2. The van der Waals surface area contributed by atoms with Crippen LogP contribution in [0, 0.1) is 10.7 Å². The van der Waals surface area contributed by atoms with Gasteiger partial charge in [-0.3, -0.25) is 0 Å². The lowest BCUT2D eigenvalue weighted by Crippen LogP contribution is -2.41. The highest BCUT2D eigenvalue weighted by atomic mass is 127. The summed E-state index contributed by atoms with van der Waals surface area (Å²) in [7, 11) is -8.21. The van der Waals surface area contributed by atoms with Gasteiger partial charge in [-0.2, -0.15) is 0 Å². The number of hydrogen-bond donors (Lipinski definition) is 4. The van der Waals surface area contributed by atoms with Crippen molar-refractivity contribution in [3.63, 3.8) is 0 Å². The van der Waals surface area contributed by atoms with Crippen LogP contribution in [0.1, 0.15) is 0 Å². The predicted octanol–water partition coefficient (Wildman–Crippen LogP) is 1.84. The third-order valence-corrected chi connectivity index (χ3v) is 8.28. The van der Waals surface area contributed by atoms with Gasteiger partial charge < -0.3 is 11.5 Å². The van der Waals surface area contributed by atoms with E-state index in [0.29, 0.717) is 22.1 Å². The molecule has 13 heteroatoms. The molecule has 0 saturated carbocycles. The zero-order chi connectivity index (χ0) is 19.0. The van der Waals surface area contributed by atoms with Gasteiger partial charge in [-0.25, -0.2) is 16.8 Å². The molecule has 0 aliphatic heterocycles. The summed E-state index contributed by atoms with van der Waals surface area (Å²) in [6, 6.07) is 6.74. The van der Waals surface area contributed by atoms with Gasteiger partial charge in [0.2, 0.25) is 0 Å². The number of anilines is 2. The van der Waals surface area contributed by atoms with Gasteiger partial charge in [-0.15, -0.1) is 9.66 Å². The van der Waals surface area contributed by atoms with Crippen LogP contribution in [0.3, 0.4) is 0 Å². The smallest absolute Gasteiger partial charge is 0.254 e. The van der Waals surface area contributed by atoms with E-state index in [4.69, 9.17) is 11.5 Å². The summed E-state index contributed by atoms with van der Waals surface area (Å²) in [4.78, 5) is 3.52. The monoisotopic (exact) mass is 720 g/mol. The summed E-state index contributed by atoms with van der Waals surface area (Å²) in [5, 5.41) is 0. The molecule has 0 aliphatic carbocycles. The van der Waals surface area contributed by atoms with Crippen LogP contribution in [0.25, 0.3) is 0 Å². The molecule has 2 rings (SSSR count). The molecule has 2 aromatic rings. The molecule has 25 heavy (non-hydrogen) atoms. The second-order valence-corrected chi connectivity index (χ2v) is 11.5. The first-order valence-corrected chi connectivity index (χ1v) is 12.5. The lowest BCUT2D eigenvalue weighted by molar-refractivity contribution is 0.557. The first kappa shape index (κ1) is 21.4. The number of nitrogen functional groups attached to an aromatic ring is 2. The Bertz CT molecular complexity index is 1020. The minimum absolute atomic E-state index is 0.106. The summed E-state index contributed by atoms with van der Waals surface area (Å²) < 4.78 is 50.8. The van der Waals surface area contributed by atoms with E-state index in [0.717, 1.165) is 0 Å². The summed E-state index contributed by atoms with van der Waals surface area (Å²) in [6.45, 7) is 0. The largest absolute Gasteiger partial charge is 0.398 e. The average Bonchev–Trinajstić information content (AvgIpc) is 2.53. The van der Waals surface area contributed by atoms with Crippen LogP contribution >= 0.6 is 67.8 Å².